The number of amides is 1. The standard InChI is InChI=1S/C18H17NO4/c20-18(21-12-14-6-2-1-3-7-14)19-11-5-9-15-8-4-10-16-17(15)23-13-22-16/h1-10H,11-13H2,(H,19,20). The van der Waals surface area contributed by atoms with Crippen molar-refractivity contribution in [2.45, 2.75) is 6.61 Å². The number of rotatable bonds is 5. The Hall–Kier alpha value is -2.95. The Kier molecular flexibility index (Phi) is 4.79. The minimum Gasteiger partial charge on any atom is -0.454 e. The number of fused-ring (bicyclic) bond motifs is 1. The lowest BCUT2D eigenvalue weighted by atomic mass is 10.1. The summed E-state index contributed by atoms with van der Waals surface area (Å²) in [6.07, 6.45) is 3.27. The summed E-state index contributed by atoms with van der Waals surface area (Å²) >= 11 is 0. The summed E-state index contributed by atoms with van der Waals surface area (Å²) in [5.74, 6) is 1.47. The number of carbonyl (C=O) groups is 1. The molecule has 0 fully saturated rings. The highest BCUT2D eigenvalue weighted by Gasteiger charge is 2.15. The van der Waals surface area contributed by atoms with E-state index in [1.165, 1.54) is 0 Å². The fraction of sp³-hybridized carbons (Fsp3) is 0.167. The highest BCUT2D eigenvalue weighted by Crippen LogP contribution is 2.35. The zero-order valence-electron chi connectivity index (χ0n) is 12.5. The summed E-state index contributed by atoms with van der Waals surface area (Å²) < 4.78 is 15.8. The normalized spacial score (nSPS) is 12.3. The van der Waals surface area contributed by atoms with Crippen LogP contribution in [-0.2, 0) is 11.3 Å². The fourth-order valence-electron chi connectivity index (χ4n) is 2.19. The quantitative estimate of drug-likeness (QED) is 0.920. The van der Waals surface area contributed by atoms with E-state index < -0.39 is 6.09 Å². The van der Waals surface area contributed by atoms with E-state index >= 15 is 0 Å². The highest BCUT2D eigenvalue weighted by atomic mass is 16.7. The highest BCUT2D eigenvalue weighted by molar-refractivity contribution is 5.68. The maximum absolute atomic E-state index is 11.6. The first-order valence-electron chi connectivity index (χ1n) is 7.32. The van der Waals surface area contributed by atoms with Gasteiger partial charge in [-0.05, 0) is 11.6 Å². The average molecular weight is 311 g/mol. The zero-order valence-corrected chi connectivity index (χ0v) is 12.5. The molecule has 23 heavy (non-hydrogen) atoms. The number of hydrogen-bond donors (Lipinski definition) is 1. The minimum atomic E-state index is -0.448. The molecular formula is C18H17NO4. The largest absolute Gasteiger partial charge is 0.454 e. The molecule has 3 rings (SSSR count). The molecule has 5 nitrogen and oxygen atoms in total. The maximum Gasteiger partial charge on any atom is 0.407 e. The number of carbonyl (C=O) groups excluding carboxylic acids is 1. The van der Waals surface area contributed by atoms with Crippen molar-refractivity contribution in [3.05, 3.63) is 65.7 Å². The van der Waals surface area contributed by atoms with Crippen molar-refractivity contribution < 1.29 is 19.0 Å². The molecule has 2 aromatic rings. The van der Waals surface area contributed by atoms with Gasteiger partial charge >= 0.3 is 6.09 Å². The van der Waals surface area contributed by atoms with Crippen LogP contribution in [0.15, 0.2) is 54.6 Å². The Bertz CT molecular complexity index is 697. The van der Waals surface area contributed by atoms with Crippen LogP contribution >= 0.6 is 0 Å². The van der Waals surface area contributed by atoms with Gasteiger partial charge in [-0.25, -0.2) is 4.79 Å². The molecule has 1 N–H and O–H groups in total. The molecule has 0 radical (unpaired) electrons. The van der Waals surface area contributed by atoms with Crippen LogP contribution in [0.5, 0.6) is 11.5 Å². The summed E-state index contributed by atoms with van der Waals surface area (Å²) in [7, 11) is 0. The molecule has 0 saturated heterocycles. The molecule has 1 aliphatic rings. The van der Waals surface area contributed by atoms with Crippen molar-refractivity contribution in [2.75, 3.05) is 13.3 Å². The van der Waals surface area contributed by atoms with Gasteiger partial charge in [-0.15, -0.1) is 0 Å². The van der Waals surface area contributed by atoms with Crippen molar-refractivity contribution in [2.24, 2.45) is 0 Å². The summed E-state index contributed by atoms with van der Waals surface area (Å²) in [4.78, 5) is 11.6. The lowest BCUT2D eigenvalue weighted by Gasteiger charge is -2.05. The molecule has 5 heteroatoms. The number of benzene rings is 2. The summed E-state index contributed by atoms with van der Waals surface area (Å²) in [5.41, 5.74) is 1.87. The first-order valence-corrected chi connectivity index (χ1v) is 7.32. The van der Waals surface area contributed by atoms with E-state index in [4.69, 9.17) is 14.2 Å². The zero-order chi connectivity index (χ0) is 15.9. The van der Waals surface area contributed by atoms with Gasteiger partial charge < -0.3 is 19.5 Å². The molecule has 0 aliphatic carbocycles. The first-order chi connectivity index (χ1) is 11.3. The molecule has 2 aromatic carbocycles. The maximum atomic E-state index is 11.6. The van der Waals surface area contributed by atoms with Gasteiger partial charge in [-0.2, -0.15) is 0 Å². The predicted octanol–water partition coefficient (Wildman–Crippen LogP) is 3.35. The Morgan fingerprint density at radius 3 is 2.87 bits per heavy atom. The summed E-state index contributed by atoms with van der Waals surface area (Å²) in [6.45, 7) is 0.871. The second-order valence-electron chi connectivity index (χ2n) is 4.93. The van der Waals surface area contributed by atoms with Crippen molar-refractivity contribution in [3.63, 3.8) is 0 Å². The predicted molar refractivity (Wildman–Crippen MR) is 86.2 cm³/mol. The molecule has 0 spiro atoms. The van der Waals surface area contributed by atoms with Gasteiger partial charge in [-0.3, -0.25) is 0 Å². The van der Waals surface area contributed by atoms with Crippen LogP contribution in [0.25, 0.3) is 6.08 Å². The van der Waals surface area contributed by atoms with Gasteiger partial charge in [0.05, 0.1) is 0 Å². The van der Waals surface area contributed by atoms with Gasteiger partial charge in [0.15, 0.2) is 11.5 Å². The molecule has 0 aromatic heterocycles. The van der Waals surface area contributed by atoms with Gasteiger partial charge in [0.1, 0.15) is 6.61 Å². The van der Waals surface area contributed by atoms with Gasteiger partial charge in [0.2, 0.25) is 6.79 Å². The second-order valence-corrected chi connectivity index (χ2v) is 4.93. The van der Waals surface area contributed by atoms with E-state index in [1.807, 2.05) is 60.7 Å². The van der Waals surface area contributed by atoms with Crippen LogP contribution in [0, 0.1) is 0 Å². The van der Waals surface area contributed by atoms with E-state index in [0.717, 1.165) is 22.6 Å². The third-order valence-corrected chi connectivity index (χ3v) is 3.30. The molecule has 0 bridgehead atoms. The Morgan fingerprint density at radius 2 is 2.00 bits per heavy atom. The van der Waals surface area contributed by atoms with Crippen molar-refractivity contribution in [3.8, 4) is 11.5 Å². The average Bonchev–Trinajstić information content (AvgIpc) is 3.07. The molecule has 0 saturated carbocycles. The smallest absolute Gasteiger partial charge is 0.407 e. The molecule has 0 atom stereocenters. The third kappa shape index (κ3) is 4.03. The Labute approximate surface area is 134 Å². The summed E-state index contributed by atoms with van der Waals surface area (Å²) in [5, 5.41) is 2.67. The number of ether oxygens (including phenoxy) is 3. The van der Waals surface area contributed by atoms with E-state index in [0.29, 0.717) is 6.54 Å². The van der Waals surface area contributed by atoms with E-state index in [1.54, 1.807) is 0 Å². The van der Waals surface area contributed by atoms with Crippen LogP contribution in [0.2, 0.25) is 0 Å². The first kappa shape index (κ1) is 15.0. The van der Waals surface area contributed by atoms with E-state index in [9.17, 15) is 4.79 Å². The molecule has 0 unspecified atom stereocenters. The number of alkyl carbamates (subject to hydrolysis) is 1. The lowest BCUT2D eigenvalue weighted by molar-refractivity contribution is 0.141. The van der Waals surface area contributed by atoms with Crippen LogP contribution in [0.1, 0.15) is 11.1 Å². The number of hydrogen-bond acceptors (Lipinski definition) is 4. The monoisotopic (exact) mass is 311 g/mol. The minimum absolute atomic E-state index is 0.240. The summed E-state index contributed by atoms with van der Waals surface area (Å²) in [6, 6.07) is 15.2. The van der Waals surface area contributed by atoms with E-state index in [-0.39, 0.29) is 13.4 Å². The third-order valence-electron chi connectivity index (χ3n) is 3.30. The van der Waals surface area contributed by atoms with Gasteiger partial charge in [-0.1, -0.05) is 54.6 Å². The van der Waals surface area contributed by atoms with Crippen LogP contribution in [-0.4, -0.2) is 19.4 Å². The molecule has 1 heterocycles. The molecular weight excluding hydrogens is 294 g/mol. The Balaban J connectivity index is 1.44. The van der Waals surface area contributed by atoms with Gasteiger partial charge in [0.25, 0.3) is 0 Å². The Morgan fingerprint density at radius 1 is 1.13 bits per heavy atom. The van der Waals surface area contributed by atoms with E-state index in [2.05, 4.69) is 5.32 Å². The number of para-hydroxylation sites is 1. The van der Waals surface area contributed by atoms with Crippen LogP contribution < -0.4 is 14.8 Å². The molecule has 118 valence electrons. The fourth-order valence-corrected chi connectivity index (χ4v) is 2.19. The van der Waals surface area contributed by atoms with Gasteiger partial charge in [0, 0.05) is 12.1 Å². The lowest BCUT2D eigenvalue weighted by Crippen LogP contribution is -2.24. The molecule has 1 aliphatic heterocycles. The SMILES string of the molecule is O=C(NCC=Cc1cccc2c1OCO2)OCc1ccccc1. The topological polar surface area (TPSA) is 56.8 Å². The van der Waals surface area contributed by atoms with Crippen LogP contribution in [0.3, 0.4) is 0 Å². The van der Waals surface area contributed by atoms with Crippen molar-refractivity contribution in [1.82, 2.24) is 5.32 Å². The number of nitrogens with one attached hydrogen (secondary N) is 1. The van der Waals surface area contributed by atoms with Crippen LogP contribution in [0.4, 0.5) is 4.79 Å². The molecule has 1 amide bonds. The second kappa shape index (κ2) is 7.35. The van der Waals surface area contributed by atoms with Crippen molar-refractivity contribution >= 4 is 12.2 Å². The van der Waals surface area contributed by atoms with Crippen molar-refractivity contribution in [1.29, 1.82) is 0 Å².